The van der Waals surface area contributed by atoms with Gasteiger partial charge < -0.3 is 14.3 Å². The summed E-state index contributed by atoms with van der Waals surface area (Å²) in [6, 6.07) is 7.63. The molecule has 1 aliphatic rings. The second kappa shape index (κ2) is 8.45. The second-order valence-electron chi connectivity index (χ2n) is 7.40. The number of fused-ring (bicyclic) bond motifs is 1. The Balaban J connectivity index is 1.42. The first-order valence-electron chi connectivity index (χ1n) is 9.73. The first kappa shape index (κ1) is 21.5. The number of ether oxygens (including phenoxy) is 1. The zero-order valence-corrected chi connectivity index (χ0v) is 18.4. The predicted molar refractivity (Wildman–Crippen MR) is 114 cm³/mol. The molecule has 0 spiro atoms. The van der Waals surface area contributed by atoms with Gasteiger partial charge in [0.1, 0.15) is 22.1 Å². The van der Waals surface area contributed by atoms with E-state index in [-0.39, 0.29) is 31.0 Å². The highest BCUT2D eigenvalue weighted by atomic mass is 32.2. The molecule has 2 aromatic heterocycles. The average molecular weight is 464 g/mol. The maximum absolute atomic E-state index is 12.6. The van der Waals surface area contributed by atoms with Gasteiger partial charge >= 0.3 is 11.6 Å². The standard InChI is InChI=1S/C21H21NO7S2/c1-13-17(23)5-4-16-15(11-18(24)29-20(13)16)12-28-21(25)14-6-8-22(9-7-14)31(26,27)19-3-2-10-30-19/h2-5,10-11,14,23H,6-9,12H2,1H3. The van der Waals surface area contributed by atoms with Crippen molar-refractivity contribution in [1.29, 1.82) is 0 Å². The fourth-order valence-corrected chi connectivity index (χ4v) is 6.29. The highest BCUT2D eigenvalue weighted by Crippen LogP contribution is 2.29. The van der Waals surface area contributed by atoms with Crippen molar-refractivity contribution in [2.75, 3.05) is 13.1 Å². The number of thiophene rings is 1. The fraction of sp³-hybridized carbons (Fsp3) is 0.333. The summed E-state index contributed by atoms with van der Waals surface area (Å²) in [5.74, 6) is -0.828. The van der Waals surface area contributed by atoms with Crippen LogP contribution in [0.1, 0.15) is 24.0 Å². The van der Waals surface area contributed by atoms with Gasteiger partial charge in [0, 0.05) is 35.7 Å². The van der Waals surface area contributed by atoms with E-state index in [9.17, 15) is 23.1 Å². The molecule has 1 aliphatic heterocycles. The third-order valence-electron chi connectivity index (χ3n) is 5.46. The zero-order chi connectivity index (χ0) is 22.2. The summed E-state index contributed by atoms with van der Waals surface area (Å²) in [4.78, 5) is 24.5. The van der Waals surface area contributed by atoms with Crippen molar-refractivity contribution in [2.24, 2.45) is 5.92 Å². The third-order valence-corrected chi connectivity index (χ3v) is 8.74. The van der Waals surface area contributed by atoms with E-state index in [1.165, 1.54) is 27.8 Å². The van der Waals surface area contributed by atoms with E-state index >= 15 is 0 Å². The minimum Gasteiger partial charge on any atom is -0.508 e. The Morgan fingerprint density at radius 2 is 2.03 bits per heavy atom. The first-order chi connectivity index (χ1) is 14.8. The van der Waals surface area contributed by atoms with Crippen molar-refractivity contribution in [3.05, 3.63) is 57.3 Å². The number of phenolic OH excluding ortho intramolecular Hbond substituents is 1. The molecule has 31 heavy (non-hydrogen) atoms. The number of aryl methyl sites for hydroxylation is 1. The molecule has 3 aromatic rings. The molecule has 10 heteroatoms. The van der Waals surface area contributed by atoms with Crippen molar-refractivity contribution < 1.29 is 27.5 Å². The Labute approximate surface area is 182 Å². The molecule has 8 nitrogen and oxygen atoms in total. The van der Waals surface area contributed by atoms with Gasteiger partial charge in [-0.25, -0.2) is 13.2 Å². The monoisotopic (exact) mass is 463 g/mol. The molecule has 0 saturated carbocycles. The maximum Gasteiger partial charge on any atom is 0.336 e. The summed E-state index contributed by atoms with van der Waals surface area (Å²) in [7, 11) is -3.53. The fourth-order valence-electron chi connectivity index (χ4n) is 3.67. The van der Waals surface area contributed by atoms with Gasteiger partial charge in [0.05, 0.1) is 5.92 Å². The van der Waals surface area contributed by atoms with E-state index in [1.54, 1.807) is 30.5 Å². The van der Waals surface area contributed by atoms with E-state index in [4.69, 9.17) is 9.15 Å². The van der Waals surface area contributed by atoms with E-state index in [1.807, 2.05) is 0 Å². The summed E-state index contributed by atoms with van der Waals surface area (Å²) in [5, 5.41) is 12.1. The smallest absolute Gasteiger partial charge is 0.336 e. The predicted octanol–water partition coefficient (Wildman–Crippen LogP) is 3.01. The quantitative estimate of drug-likeness (QED) is 0.457. The second-order valence-corrected chi connectivity index (χ2v) is 10.5. The summed E-state index contributed by atoms with van der Waals surface area (Å²) < 4.78 is 37.5. The number of aromatic hydroxyl groups is 1. The molecule has 164 valence electrons. The molecule has 0 aliphatic carbocycles. The van der Waals surface area contributed by atoms with Gasteiger partial charge in [0.15, 0.2) is 0 Å². The number of hydrogen-bond acceptors (Lipinski definition) is 8. The minimum absolute atomic E-state index is 0.00838. The summed E-state index contributed by atoms with van der Waals surface area (Å²) in [6.07, 6.45) is 0.738. The van der Waals surface area contributed by atoms with Gasteiger partial charge in [-0.15, -0.1) is 11.3 Å². The lowest BCUT2D eigenvalue weighted by Crippen LogP contribution is -2.40. The normalized spacial score (nSPS) is 15.9. The first-order valence-corrected chi connectivity index (χ1v) is 12.0. The molecule has 0 unspecified atom stereocenters. The van der Waals surface area contributed by atoms with Crippen molar-refractivity contribution in [3.8, 4) is 5.75 Å². The SMILES string of the molecule is Cc1c(O)ccc2c(COC(=O)C3CCN(S(=O)(=O)c4cccs4)CC3)cc(=O)oc12. The molecular formula is C21H21NO7S2. The number of carbonyl (C=O) groups is 1. The number of esters is 1. The molecule has 0 atom stereocenters. The Hall–Kier alpha value is -2.69. The van der Waals surface area contributed by atoms with E-state index in [0.717, 1.165) is 0 Å². The van der Waals surface area contributed by atoms with E-state index < -0.39 is 27.5 Å². The maximum atomic E-state index is 12.6. The van der Waals surface area contributed by atoms with Gasteiger partial charge in [-0.1, -0.05) is 6.07 Å². The van der Waals surface area contributed by atoms with Gasteiger partial charge in [-0.2, -0.15) is 4.31 Å². The molecular weight excluding hydrogens is 442 g/mol. The van der Waals surface area contributed by atoms with Crippen LogP contribution < -0.4 is 5.63 Å². The number of hydrogen-bond donors (Lipinski definition) is 1. The lowest BCUT2D eigenvalue weighted by atomic mass is 9.98. The number of piperidine rings is 1. The average Bonchev–Trinajstić information content (AvgIpc) is 3.31. The van der Waals surface area contributed by atoms with Crippen LogP contribution in [0.2, 0.25) is 0 Å². The van der Waals surface area contributed by atoms with Crippen molar-refractivity contribution in [3.63, 3.8) is 0 Å². The van der Waals surface area contributed by atoms with Crippen LogP contribution in [0.3, 0.4) is 0 Å². The van der Waals surface area contributed by atoms with Gasteiger partial charge in [-0.3, -0.25) is 4.79 Å². The Bertz CT molecular complexity index is 1270. The van der Waals surface area contributed by atoms with Gasteiger partial charge in [0.2, 0.25) is 0 Å². The van der Waals surface area contributed by atoms with Crippen LogP contribution in [-0.2, 0) is 26.2 Å². The highest BCUT2D eigenvalue weighted by Gasteiger charge is 2.33. The van der Waals surface area contributed by atoms with Crippen LogP contribution in [0.25, 0.3) is 11.0 Å². The lowest BCUT2D eigenvalue weighted by molar-refractivity contribution is -0.151. The molecule has 3 heterocycles. The Morgan fingerprint density at radius 3 is 2.71 bits per heavy atom. The Morgan fingerprint density at radius 1 is 1.29 bits per heavy atom. The van der Waals surface area contributed by atoms with Crippen LogP contribution in [-0.4, -0.2) is 36.9 Å². The van der Waals surface area contributed by atoms with Crippen LogP contribution in [0, 0.1) is 12.8 Å². The molecule has 1 aromatic carbocycles. The molecule has 0 bridgehead atoms. The molecule has 0 radical (unpaired) electrons. The van der Waals surface area contributed by atoms with Crippen molar-refractivity contribution in [2.45, 2.75) is 30.6 Å². The lowest BCUT2D eigenvalue weighted by Gasteiger charge is -2.29. The van der Waals surface area contributed by atoms with Gasteiger partial charge in [0.25, 0.3) is 10.0 Å². The zero-order valence-electron chi connectivity index (χ0n) is 16.7. The molecule has 1 N–H and O–H groups in total. The van der Waals surface area contributed by atoms with Gasteiger partial charge in [-0.05, 0) is 43.3 Å². The summed E-state index contributed by atoms with van der Waals surface area (Å²) in [5.41, 5.74) is 0.576. The van der Waals surface area contributed by atoms with Crippen LogP contribution >= 0.6 is 11.3 Å². The Kier molecular flexibility index (Phi) is 5.87. The molecule has 0 amide bonds. The molecule has 4 rings (SSSR count). The minimum atomic E-state index is -3.53. The number of carbonyl (C=O) groups excluding carboxylic acids is 1. The van der Waals surface area contributed by atoms with E-state index in [0.29, 0.717) is 33.6 Å². The highest BCUT2D eigenvalue weighted by molar-refractivity contribution is 7.91. The number of benzene rings is 1. The van der Waals surface area contributed by atoms with Crippen LogP contribution in [0.15, 0.2) is 49.1 Å². The van der Waals surface area contributed by atoms with Crippen molar-refractivity contribution >= 4 is 38.3 Å². The van der Waals surface area contributed by atoms with E-state index in [2.05, 4.69) is 0 Å². The summed E-state index contributed by atoms with van der Waals surface area (Å²) in [6.45, 7) is 2.01. The number of nitrogens with zero attached hydrogens (tertiary/aromatic N) is 1. The summed E-state index contributed by atoms with van der Waals surface area (Å²) >= 11 is 1.17. The number of rotatable bonds is 5. The third kappa shape index (κ3) is 4.23. The topological polar surface area (TPSA) is 114 Å². The molecule has 1 saturated heterocycles. The number of sulfonamides is 1. The number of phenols is 1. The van der Waals surface area contributed by atoms with Crippen LogP contribution in [0.4, 0.5) is 0 Å². The van der Waals surface area contributed by atoms with Crippen LogP contribution in [0.5, 0.6) is 5.75 Å². The molecule has 1 fully saturated rings. The van der Waals surface area contributed by atoms with Crippen molar-refractivity contribution in [1.82, 2.24) is 4.31 Å². The largest absolute Gasteiger partial charge is 0.508 e.